The van der Waals surface area contributed by atoms with Gasteiger partial charge in [-0.15, -0.1) is 0 Å². The summed E-state index contributed by atoms with van der Waals surface area (Å²) in [4.78, 5) is 23.4. The van der Waals surface area contributed by atoms with Crippen molar-refractivity contribution in [2.24, 2.45) is 5.92 Å². The molecule has 0 aromatic heterocycles. The number of rotatable bonds is 9. The van der Waals surface area contributed by atoms with E-state index in [0.29, 0.717) is 41.0 Å². The predicted octanol–water partition coefficient (Wildman–Crippen LogP) is 3.75. The molecule has 0 bridgehead atoms. The Kier molecular flexibility index (Phi) is 7.26. The van der Waals surface area contributed by atoms with Crippen molar-refractivity contribution < 1.29 is 28.9 Å². The van der Waals surface area contributed by atoms with Crippen LogP contribution in [0.15, 0.2) is 36.4 Å². The van der Waals surface area contributed by atoms with Crippen LogP contribution in [-0.2, 0) is 4.79 Å². The van der Waals surface area contributed by atoms with E-state index in [1.807, 2.05) is 13.8 Å². The monoisotopic (exact) mass is 387 g/mol. The van der Waals surface area contributed by atoms with Crippen molar-refractivity contribution in [3.8, 4) is 17.2 Å². The molecule has 28 heavy (non-hydrogen) atoms. The number of hydrogen-bond donors (Lipinski definition) is 2. The lowest BCUT2D eigenvalue weighted by Crippen LogP contribution is -2.16. The highest BCUT2D eigenvalue weighted by Crippen LogP contribution is 2.28. The Bertz CT molecular complexity index is 847. The van der Waals surface area contributed by atoms with Gasteiger partial charge in [-0.25, -0.2) is 4.79 Å². The molecule has 2 aromatic rings. The van der Waals surface area contributed by atoms with E-state index in [-0.39, 0.29) is 5.91 Å². The lowest BCUT2D eigenvalue weighted by Gasteiger charge is -2.15. The first-order valence-corrected chi connectivity index (χ1v) is 8.87. The fraction of sp³-hybridized carbons (Fsp3) is 0.333. The average molecular weight is 387 g/mol. The van der Waals surface area contributed by atoms with Gasteiger partial charge in [0, 0.05) is 11.8 Å². The summed E-state index contributed by atoms with van der Waals surface area (Å²) in [5.41, 5.74) is 1.74. The summed E-state index contributed by atoms with van der Waals surface area (Å²) in [5.74, 6) is 0.411. The highest BCUT2D eigenvalue weighted by molar-refractivity contribution is 6.06. The quantitative estimate of drug-likeness (QED) is 0.680. The average Bonchev–Trinajstić information content (AvgIpc) is 2.66. The lowest BCUT2D eigenvalue weighted by molar-refractivity contribution is -0.139. The minimum absolute atomic E-state index is 0.308. The number of carboxylic acids is 1. The van der Waals surface area contributed by atoms with Crippen LogP contribution < -0.4 is 19.5 Å². The molecule has 0 atom stereocenters. The molecular formula is C21H25NO6. The van der Waals surface area contributed by atoms with Crippen molar-refractivity contribution >= 4 is 17.6 Å². The van der Waals surface area contributed by atoms with Gasteiger partial charge in [0.1, 0.15) is 17.2 Å². The normalized spacial score (nSPS) is 10.5. The molecule has 150 valence electrons. The number of benzene rings is 2. The molecule has 2 rings (SSSR count). The van der Waals surface area contributed by atoms with Gasteiger partial charge in [-0.1, -0.05) is 13.8 Å². The zero-order chi connectivity index (χ0) is 20.7. The number of carbonyl (C=O) groups excluding carboxylic acids is 1. The molecule has 0 radical (unpaired) electrons. The van der Waals surface area contributed by atoms with Crippen molar-refractivity contribution in [3.63, 3.8) is 0 Å². The Hall–Kier alpha value is -3.22. The number of carboxylic acid groups (broad SMARTS) is 1. The van der Waals surface area contributed by atoms with Crippen molar-refractivity contribution in [3.05, 3.63) is 47.5 Å². The van der Waals surface area contributed by atoms with E-state index >= 15 is 0 Å². The Labute approximate surface area is 164 Å². The molecule has 0 fully saturated rings. The summed E-state index contributed by atoms with van der Waals surface area (Å²) in [6.45, 7) is 5.90. The van der Waals surface area contributed by atoms with E-state index in [4.69, 9.17) is 19.3 Å². The van der Waals surface area contributed by atoms with Gasteiger partial charge in [0.15, 0.2) is 6.61 Å². The molecule has 0 heterocycles. The maximum absolute atomic E-state index is 12.8. The van der Waals surface area contributed by atoms with Crippen LogP contribution in [0.3, 0.4) is 0 Å². The number of aliphatic carboxylic acids is 1. The molecule has 2 N–H and O–H groups in total. The Morgan fingerprint density at radius 3 is 2.39 bits per heavy atom. The number of anilines is 1. The summed E-state index contributed by atoms with van der Waals surface area (Å²) < 4.78 is 16.2. The van der Waals surface area contributed by atoms with Gasteiger partial charge in [-0.3, -0.25) is 4.79 Å². The Morgan fingerprint density at radius 1 is 1.07 bits per heavy atom. The Morgan fingerprint density at radius 2 is 1.79 bits per heavy atom. The minimum atomic E-state index is -1.05. The third-order valence-corrected chi connectivity index (χ3v) is 3.81. The summed E-state index contributed by atoms with van der Waals surface area (Å²) in [5, 5.41) is 11.5. The van der Waals surface area contributed by atoms with Gasteiger partial charge in [0.2, 0.25) is 0 Å². The van der Waals surface area contributed by atoms with Crippen molar-refractivity contribution in [1.82, 2.24) is 0 Å². The standard InChI is InChI=1S/C21H25NO6/c1-13(2)11-28-19-10-15(26-4)5-7-17(19)21(25)22-18-8-6-16(9-14(18)3)27-12-20(23)24/h5-10,13H,11-12H2,1-4H3,(H,22,25)(H,23,24). The third kappa shape index (κ3) is 5.90. The van der Waals surface area contributed by atoms with E-state index in [2.05, 4.69) is 5.32 Å². The SMILES string of the molecule is COc1ccc(C(=O)Nc2ccc(OCC(=O)O)cc2C)c(OCC(C)C)c1. The van der Waals surface area contributed by atoms with Crippen molar-refractivity contribution in [2.45, 2.75) is 20.8 Å². The molecule has 0 aliphatic carbocycles. The molecule has 0 unspecified atom stereocenters. The van der Waals surface area contributed by atoms with Crippen LogP contribution in [-0.4, -0.2) is 37.3 Å². The second-order valence-electron chi connectivity index (χ2n) is 6.68. The van der Waals surface area contributed by atoms with Crippen LogP contribution in [0.4, 0.5) is 5.69 Å². The maximum Gasteiger partial charge on any atom is 0.341 e. The van der Waals surface area contributed by atoms with Crippen LogP contribution >= 0.6 is 0 Å². The van der Waals surface area contributed by atoms with Crippen LogP contribution in [0.2, 0.25) is 0 Å². The number of hydrogen-bond acceptors (Lipinski definition) is 5. The van der Waals surface area contributed by atoms with E-state index in [1.54, 1.807) is 50.4 Å². The first kappa shape index (κ1) is 21.1. The van der Waals surface area contributed by atoms with Gasteiger partial charge >= 0.3 is 5.97 Å². The number of methoxy groups -OCH3 is 1. The van der Waals surface area contributed by atoms with Crippen molar-refractivity contribution in [1.29, 1.82) is 0 Å². The summed E-state index contributed by atoms with van der Waals surface area (Å²) >= 11 is 0. The highest BCUT2D eigenvalue weighted by Gasteiger charge is 2.16. The van der Waals surface area contributed by atoms with Gasteiger partial charge < -0.3 is 24.6 Å². The first-order valence-electron chi connectivity index (χ1n) is 8.87. The largest absolute Gasteiger partial charge is 0.497 e. The molecule has 0 aliphatic rings. The van der Waals surface area contributed by atoms with E-state index in [9.17, 15) is 9.59 Å². The van der Waals surface area contributed by atoms with Gasteiger partial charge in [-0.05, 0) is 48.7 Å². The number of nitrogens with one attached hydrogen (secondary N) is 1. The van der Waals surface area contributed by atoms with Crippen LogP contribution in [0.5, 0.6) is 17.2 Å². The highest BCUT2D eigenvalue weighted by atomic mass is 16.5. The minimum Gasteiger partial charge on any atom is -0.497 e. The summed E-state index contributed by atoms with van der Waals surface area (Å²) in [6.07, 6.45) is 0. The summed E-state index contributed by atoms with van der Waals surface area (Å²) in [7, 11) is 1.55. The molecule has 2 aromatic carbocycles. The third-order valence-electron chi connectivity index (χ3n) is 3.81. The fourth-order valence-corrected chi connectivity index (χ4v) is 2.39. The number of ether oxygens (including phenoxy) is 3. The molecular weight excluding hydrogens is 362 g/mol. The second-order valence-corrected chi connectivity index (χ2v) is 6.68. The van der Waals surface area contributed by atoms with Gasteiger partial charge in [0.25, 0.3) is 5.91 Å². The van der Waals surface area contributed by atoms with Gasteiger partial charge in [0.05, 0.1) is 19.3 Å². The number of amides is 1. The zero-order valence-corrected chi connectivity index (χ0v) is 16.4. The predicted molar refractivity (Wildman–Crippen MR) is 106 cm³/mol. The molecule has 7 heteroatoms. The van der Waals surface area contributed by atoms with E-state index in [1.165, 1.54) is 0 Å². The maximum atomic E-state index is 12.8. The topological polar surface area (TPSA) is 94.1 Å². The molecule has 1 amide bonds. The molecule has 0 saturated heterocycles. The molecule has 0 spiro atoms. The van der Waals surface area contributed by atoms with Gasteiger partial charge in [-0.2, -0.15) is 0 Å². The molecule has 0 saturated carbocycles. The Balaban J connectivity index is 2.18. The van der Waals surface area contributed by atoms with E-state index < -0.39 is 12.6 Å². The number of carbonyl (C=O) groups is 2. The first-order chi connectivity index (χ1) is 13.3. The fourth-order valence-electron chi connectivity index (χ4n) is 2.39. The number of aryl methyl sites for hydroxylation is 1. The van der Waals surface area contributed by atoms with Crippen molar-refractivity contribution in [2.75, 3.05) is 25.6 Å². The van der Waals surface area contributed by atoms with E-state index in [0.717, 1.165) is 5.56 Å². The zero-order valence-electron chi connectivity index (χ0n) is 16.4. The second kappa shape index (κ2) is 9.64. The molecule has 7 nitrogen and oxygen atoms in total. The van der Waals surface area contributed by atoms with Crippen LogP contribution in [0, 0.1) is 12.8 Å². The summed E-state index contributed by atoms with van der Waals surface area (Å²) in [6, 6.07) is 9.99. The van der Waals surface area contributed by atoms with Crippen LogP contribution in [0.1, 0.15) is 29.8 Å². The molecule has 0 aliphatic heterocycles. The van der Waals surface area contributed by atoms with Crippen LogP contribution in [0.25, 0.3) is 0 Å². The smallest absolute Gasteiger partial charge is 0.341 e. The lowest BCUT2D eigenvalue weighted by atomic mass is 10.1.